The van der Waals surface area contributed by atoms with Crippen molar-refractivity contribution in [1.82, 2.24) is 4.57 Å². The first kappa shape index (κ1) is 15.4. The Kier molecular flexibility index (Phi) is 4.78. The topological polar surface area (TPSA) is 43.3 Å². The summed E-state index contributed by atoms with van der Waals surface area (Å²) in [4.78, 5) is 13.7. The first-order valence-electron chi connectivity index (χ1n) is 7.36. The normalized spacial score (nSPS) is 11.9. The van der Waals surface area contributed by atoms with Crippen molar-refractivity contribution in [3.63, 3.8) is 0 Å². The maximum absolute atomic E-state index is 12.5. The third-order valence-corrected chi connectivity index (χ3v) is 4.59. The Hall–Kier alpha value is -2.53. The molecule has 0 aliphatic carbocycles. The molecule has 1 aromatic carbocycles. The van der Waals surface area contributed by atoms with Crippen LogP contribution in [-0.4, -0.2) is 17.6 Å². The lowest BCUT2D eigenvalue weighted by Crippen LogP contribution is -2.19. The van der Waals surface area contributed by atoms with Crippen LogP contribution in [0.15, 0.2) is 66.3 Å². The fourth-order valence-corrected chi connectivity index (χ4v) is 3.35. The number of thiophene rings is 1. The Bertz CT molecular complexity index is 717. The van der Waals surface area contributed by atoms with Gasteiger partial charge in [0.1, 0.15) is 5.75 Å². The number of anilines is 1. The van der Waals surface area contributed by atoms with E-state index in [4.69, 9.17) is 4.74 Å². The number of amides is 1. The van der Waals surface area contributed by atoms with Gasteiger partial charge in [-0.1, -0.05) is 18.2 Å². The van der Waals surface area contributed by atoms with Crippen LogP contribution >= 0.6 is 11.3 Å². The van der Waals surface area contributed by atoms with Gasteiger partial charge in [0.05, 0.1) is 25.3 Å². The van der Waals surface area contributed by atoms with Gasteiger partial charge >= 0.3 is 0 Å². The van der Waals surface area contributed by atoms with E-state index in [-0.39, 0.29) is 11.9 Å². The predicted molar refractivity (Wildman–Crippen MR) is 93.1 cm³/mol. The van der Waals surface area contributed by atoms with Gasteiger partial charge in [-0.25, -0.2) is 0 Å². The Morgan fingerprint density at radius 1 is 1.17 bits per heavy atom. The van der Waals surface area contributed by atoms with Gasteiger partial charge in [0.15, 0.2) is 0 Å². The number of carbonyl (C=O) groups is 1. The summed E-state index contributed by atoms with van der Waals surface area (Å²) in [6, 6.07) is 15.4. The van der Waals surface area contributed by atoms with Gasteiger partial charge in [-0.3, -0.25) is 4.79 Å². The van der Waals surface area contributed by atoms with E-state index in [2.05, 4.69) is 16.0 Å². The molecule has 4 nitrogen and oxygen atoms in total. The lowest BCUT2D eigenvalue weighted by molar-refractivity contribution is -0.116. The summed E-state index contributed by atoms with van der Waals surface area (Å²) in [6.45, 7) is 0. The number of aromatic nitrogens is 1. The van der Waals surface area contributed by atoms with E-state index in [1.807, 2.05) is 60.2 Å². The van der Waals surface area contributed by atoms with E-state index in [0.29, 0.717) is 17.9 Å². The van der Waals surface area contributed by atoms with Crippen molar-refractivity contribution < 1.29 is 9.53 Å². The Morgan fingerprint density at radius 2 is 1.96 bits per heavy atom. The van der Waals surface area contributed by atoms with Crippen molar-refractivity contribution in [2.45, 2.75) is 12.5 Å². The van der Waals surface area contributed by atoms with E-state index in [9.17, 15) is 4.79 Å². The van der Waals surface area contributed by atoms with Crippen LogP contribution < -0.4 is 10.1 Å². The Balaban J connectivity index is 1.77. The van der Waals surface area contributed by atoms with Crippen LogP contribution in [-0.2, 0) is 4.79 Å². The molecule has 5 heteroatoms. The number of hydrogen-bond donors (Lipinski definition) is 1. The average molecular weight is 326 g/mol. The number of benzene rings is 1. The molecule has 0 spiro atoms. The van der Waals surface area contributed by atoms with Crippen molar-refractivity contribution in [3.05, 3.63) is 71.2 Å². The fraction of sp³-hybridized carbons (Fsp3) is 0.167. The molecule has 118 valence electrons. The smallest absolute Gasteiger partial charge is 0.226 e. The number of ether oxygens (including phenoxy) is 1. The van der Waals surface area contributed by atoms with Gasteiger partial charge in [-0.2, -0.15) is 0 Å². The SMILES string of the molecule is COc1ccccc1NC(=O)C[C@H](c1cccs1)n1cccc1. The van der Waals surface area contributed by atoms with Crippen LogP contribution in [0.3, 0.4) is 0 Å². The predicted octanol–water partition coefficient (Wildman–Crippen LogP) is 4.18. The van der Waals surface area contributed by atoms with Crippen molar-refractivity contribution in [3.8, 4) is 5.75 Å². The molecule has 3 rings (SSSR count). The zero-order chi connectivity index (χ0) is 16.1. The molecular formula is C18H18N2O2S. The maximum Gasteiger partial charge on any atom is 0.226 e. The van der Waals surface area contributed by atoms with E-state index in [0.717, 1.165) is 4.88 Å². The molecule has 0 saturated heterocycles. The summed E-state index contributed by atoms with van der Waals surface area (Å²) in [5.74, 6) is 0.621. The van der Waals surface area contributed by atoms with Gasteiger partial charge in [-0.05, 0) is 35.7 Å². The van der Waals surface area contributed by atoms with Gasteiger partial charge in [0.25, 0.3) is 0 Å². The van der Waals surface area contributed by atoms with Gasteiger partial charge < -0.3 is 14.6 Å². The molecule has 0 fully saturated rings. The highest BCUT2D eigenvalue weighted by molar-refractivity contribution is 7.10. The summed E-state index contributed by atoms with van der Waals surface area (Å²) in [5, 5.41) is 4.97. The number of para-hydroxylation sites is 2. The summed E-state index contributed by atoms with van der Waals surface area (Å²) in [6.07, 6.45) is 4.34. The minimum atomic E-state index is -0.0402. The second-order valence-corrected chi connectivity index (χ2v) is 6.09. The number of nitrogens with one attached hydrogen (secondary N) is 1. The average Bonchev–Trinajstić information content (AvgIpc) is 3.27. The van der Waals surface area contributed by atoms with E-state index in [1.54, 1.807) is 18.4 Å². The molecule has 0 aliphatic heterocycles. The standard InChI is InChI=1S/C18H18N2O2S/c1-22-16-8-3-2-7-14(16)19-18(21)13-15(17-9-6-12-23-17)20-10-4-5-11-20/h2-12,15H,13H2,1H3,(H,19,21)/t15-/m1/s1. The third-order valence-electron chi connectivity index (χ3n) is 3.62. The Labute approximate surface area is 139 Å². The van der Waals surface area contributed by atoms with Crippen LogP contribution in [0.1, 0.15) is 17.3 Å². The molecule has 1 N–H and O–H groups in total. The summed E-state index contributed by atoms with van der Waals surface area (Å²) in [7, 11) is 1.60. The van der Waals surface area contributed by atoms with Crippen molar-refractivity contribution >= 4 is 22.9 Å². The third kappa shape index (κ3) is 3.63. The molecule has 23 heavy (non-hydrogen) atoms. The highest BCUT2D eigenvalue weighted by Gasteiger charge is 2.19. The molecule has 0 radical (unpaired) electrons. The number of hydrogen-bond acceptors (Lipinski definition) is 3. The monoisotopic (exact) mass is 326 g/mol. The largest absolute Gasteiger partial charge is 0.495 e. The van der Waals surface area contributed by atoms with Crippen molar-refractivity contribution in [2.75, 3.05) is 12.4 Å². The highest BCUT2D eigenvalue weighted by Crippen LogP contribution is 2.28. The molecule has 0 bridgehead atoms. The summed E-state index contributed by atoms with van der Waals surface area (Å²) in [5.41, 5.74) is 0.692. The number of nitrogens with zero attached hydrogens (tertiary/aromatic N) is 1. The number of rotatable bonds is 6. The molecule has 0 aliphatic rings. The molecule has 0 saturated carbocycles. The molecular weight excluding hydrogens is 308 g/mol. The van der Waals surface area contributed by atoms with Crippen LogP contribution in [0.25, 0.3) is 0 Å². The molecule has 0 unspecified atom stereocenters. The van der Waals surface area contributed by atoms with Crippen molar-refractivity contribution in [1.29, 1.82) is 0 Å². The molecule has 2 heterocycles. The van der Waals surface area contributed by atoms with Crippen LogP contribution in [0.5, 0.6) is 5.75 Å². The lowest BCUT2D eigenvalue weighted by atomic mass is 10.1. The Morgan fingerprint density at radius 3 is 2.65 bits per heavy atom. The summed E-state index contributed by atoms with van der Waals surface area (Å²) < 4.78 is 7.34. The quantitative estimate of drug-likeness (QED) is 0.738. The maximum atomic E-state index is 12.5. The van der Waals surface area contributed by atoms with E-state index in [1.165, 1.54) is 0 Å². The van der Waals surface area contributed by atoms with Crippen LogP contribution in [0.4, 0.5) is 5.69 Å². The zero-order valence-corrected chi connectivity index (χ0v) is 13.6. The van der Waals surface area contributed by atoms with Crippen LogP contribution in [0, 0.1) is 0 Å². The van der Waals surface area contributed by atoms with Crippen LogP contribution in [0.2, 0.25) is 0 Å². The molecule has 3 aromatic rings. The van der Waals surface area contributed by atoms with Gasteiger partial charge in [-0.15, -0.1) is 11.3 Å². The van der Waals surface area contributed by atoms with Crippen molar-refractivity contribution in [2.24, 2.45) is 0 Å². The first-order chi connectivity index (χ1) is 11.3. The first-order valence-corrected chi connectivity index (χ1v) is 8.24. The minimum absolute atomic E-state index is 0.000271. The fourth-order valence-electron chi connectivity index (χ4n) is 2.51. The second-order valence-electron chi connectivity index (χ2n) is 5.11. The zero-order valence-electron chi connectivity index (χ0n) is 12.8. The van der Waals surface area contributed by atoms with Gasteiger partial charge in [0, 0.05) is 17.3 Å². The van der Waals surface area contributed by atoms with E-state index >= 15 is 0 Å². The molecule has 1 atom stereocenters. The molecule has 1 amide bonds. The van der Waals surface area contributed by atoms with Gasteiger partial charge in [0.2, 0.25) is 5.91 Å². The summed E-state index contributed by atoms with van der Waals surface area (Å²) >= 11 is 1.66. The van der Waals surface area contributed by atoms with E-state index < -0.39 is 0 Å². The lowest BCUT2D eigenvalue weighted by Gasteiger charge is -2.18. The highest BCUT2D eigenvalue weighted by atomic mass is 32.1. The minimum Gasteiger partial charge on any atom is -0.495 e. The number of carbonyl (C=O) groups excluding carboxylic acids is 1. The molecule has 2 aromatic heterocycles. The number of methoxy groups -OCH3 is 1. The second kappa shape index (κ2) is 7.15.